The molecule has 0 bridgehead atoms. The number of nitrogens with zero attached hydrogens (tertiary/aromatic N) is 2. The zero-order valence-electron chi connectivity index (χ0n) is 26.7. The first kappa shape index (κ1) is 35.4. The van der Waals surface area contributed by atoms with Crippen LogP contribution in [0.3, 0.4) is 0 Å². The summed E-state index contributed by atoms with van der Waals surface area (Å²) in [6.45, 7) is -0.451. The van der Waals surface area contributed by atoms with Crippen molar-refractivity contribution in [3.8, 4) is 5.75 Å². The molecule has 1 fully saturated rings. The Balaban J connectivity index is 1.55. The van der Waals surface area contributed by atoms with Crippen molar-refractivity contribution in [2.24, 2.45) is 0 Å². The molecule has 48 heavy (non-hydrogen) atoms. The normalized spacial score (nSPS) is 14.1. The van der Waals surface area contributed by atoms with Crippen molar-refractivity contribution in [1.29, 1.82) is 0 Å². The third-order valence-corrected chi connectivity index (χ3v) is 11.1. The van der Waals surface area contributed by atoms with E-state index >= 15 is 0 Å². The first-order valence-electron chi connectivity index (χ1n) is 15.9. The first-order chi connectivity index (χ1) is 23.1. The summed E-state index contributed by atoms with van der Waals surface area (Å²) in [5, 5.41) is 3.65. The zero-order valence-corrected chi connectivity index (χ0v) is 29.9. The molecule has 11 heteroatoms. The Morgan fingerprint density at radius 2 is 1.52 bits per heavy atom. The number of rotatable bonds is 13. The molecule has 1 atom stereocenters. The van der Waals surface area contributed by atoms with Gasteiger partial charge in [-0.15, -0.1) is 0 Å². The fourth-order valence-corrected chi connectivity index (χ4v) is 7.70. The highest BCUT2D eigenvalue weighted by Crippen LogP contribution is 2.28. The van der Waals surface area contributed by atoms with Crippen LogP contribution in [-0.4, -0.2) is 50.9 Å². The average molecular weight is 753 g/mol. The lowest BCUT2D eigenvalue weighted by Gasteiger charge is -2.35. The van der Waals surface area contributed by atoms with Crippen LogP contribution >= 0.6 is 27.5 Å². The summed E-state index contributed by atoms with van der Waals surface area (Å²) in [6.07, 6.45) is 5.24. The third kappa shape index (κ3) is 9.18. The average Bonchev–Trinajstić information content (AvgIpc) is 3.10. The molecule has 1 saturated carbocycles. The third-order valence-electron chi connectivity index (χ3n) is 8.53. The number of benzene rings is 4. The molecule has 0 aliphatic heterocycles. The highest BCUT2D eigenvalue weighted by Gasteiger charge is 2.35. The lowest BCUT2D eigenvalue weighted by Crippen LogP contribution is -2.55. The van der Waals surface area contributed by atoms with Gasteiger partial charge in [-0.3, -0.25) is 13.9 Å². The Labute approximate surface area is 296 Å². The Morgan fingerprint density at radius 1 is 0.875 bits per heavy atom. The fraction of sp³-hybridized carbons (Fsp3) is 0.297. The first-order valence-corrected chi connectivity index (χ1v) is 18.6. The molecule has 4 aromatic carbocycles. The van der Waals surface area contributed by atoms with Gasteiger partial charge in [0.25, 0.3) is 10.0 Å². The van der Waals surface area contributed by atoms with Crippen LogP contribution in [0.15, 0.2) is 112 Å². The minimum Gasteiger partial charge on any atom is -0.497 e. The predicted octanol–water partition coefficient (Wildman–Crippen LogP) is 7.40. The minimum atomic E-state index is -4.25. The van der Waals surface area contributed by atoms with Crippen LogP contribution in [0.5, 0.6) is 5.75 Å². The summed E-state index contributed by atoms with van der Waals surface area (Å²) in [5.74, 6) is -0.284. The number of nitrogens with one attached hydrogen (secondary N) is 1. The molecule has 8 nitrogen and oxygen atoms in total. The van der Waals surface area contributed by atoms with Crippen molar-refractivity contribution in [2.45, 2.75) is 62.0 Å². The smallest absolute Gasteiger partial charge is 0.264 e. The van der Waals surface area contributed by atoms with Gasteiger partial charge in [0.05, 0.1) is 17.7 Å². The quantitative estimate of drug-likeness (QED) is 0.154. The van der Waals surface area contributed by atoms with Gasteiger partial charge >= 0.3 is 0 Å². The van der Waals surface area contributed by atoms with E-state index in [0.717, 1.165) is 52.0 Å². The Bertz CT molecular complexity index is 1770. The highest BCUT2D eigenvalue weighted by atomic mass is 79.9. The molecule has 4 aromatic rings. The fourth-order valence-electron chi connectivity index (χ4n) is 5.90. The number of carbonyl (C=O) groups is 2. The van der Waals surface area contributed by atoms with Crippen molar-refractivity contribution in [3.63, 3.8) is 0 Å². The van der Waals surface area contributed by atoms with E-state index in [0.29, 0.717) is 10.8 Å². The van der Waals surface area contributed by atoms with Crippen LogP contribution in [-0.2, 0) is 32.6 Å². The van der Waals surface area contributed by atoms with E-state index in [9.17, 15) is 18.0 Å². The SMILES string of the molecule is COc1ccc(S(=O)(=O)N(CC(=O)N(Cc2ccc(Br)cc2)[C@@H](Cc2ccccc2)C(=O)NC2CCCCC2)c2ccc(Cl)cc2)cc1. The Kier molecular flexibility index (Phi) is 12.2. The van der Waals surface area contributed by atoms with Crippen molar-refractivity contribution in [2.75, 3.05) is 18.0 Å². The summed E-state index contributed by atoms with van der Waals surface area (Å²) >= 11 is 9.64. The van der Waals surface area contributed by atoms with Crippen LogP contribution in [0.4, 0.5) is 5.69 Å². The molecule has 0 spiro atoms. The molecule has 1 aliphatic carbocycles. The second kappa shape index (κ2) is 16.5. The lowest BCUT2D eigenvalue weighted by atomic mass is 9.94. The van der Waals surface area contributed by atoms with Gasteiger partial charge in [-0.05, 0) is 84.6 Å². The van der Waals surface area contributed by atoms with Gasteiger partial charge in [-0.25, -0.2) is 8.42 Å². The summed E-state index contributed by atoms with van der Waals surface area (Å²) in [7, 11) is -2.75. The number of carbonyl (C=O) groups excluding carboxylic acids is 2. The highest BCUT2D eigenvalue weighted by molar-refractivity contribution is 9.10. The van der Waals surface area contributed by atoms with E-state index in [1.54, 1.807) is 36.4 Å². The molecule has 0 heterocycles. The number of sulfonamides is 1. The summed E-state index contributed by atoms with van der Waals surface area (Å²) in [4.78, 5) is 30.4. The topological polar surface area (TPSA) is 96.0 Å². The summed E-state index contributed by atoms with van der Waals surface area (Å²) in [5.41, 5.74) is 1.94. The van der Waals surface area contributed by atoms with Crippen LogP contribution in [0.25, 0.3) is 0 Å². The molecular formula is C37H39BrClN3O5S. The van der Waals surface area contributed by atoms with Gasteiger partial charge in [-0.1, -0.05) is 89.3 Å². The van der Waals surface area contributed by atoms with E-state index in [1.807, 2.05) is 54.6 Å². The maximum Gasteiger partial charge on any atom is 0.264 e. The number of amides is 2. The van der Waals surface area contributed by atoms with Crippen LogP contribution in [0.1, 0.15) is 43.2 Å². The van der Waals surface area contributed by atoms with Gasteiger partial charge in [0, 0.05) is 28.5 Å². The molecule has 0 aromatic heterocycles. The number of methoxy groups -OCH3 is 1. The van der Waals surface area contributed by atoms with Gasteiger partial charge in [0.15, 0.2) is 0 Å². The Hall–Kier alpha value is -3.86. The lowest BCUT2D eigenvalue weighted by molar-refractivity contribution is -0.140. The van der Waals surface area contributed by atoms with E-state index in [1.165, 1.54) is 24.1 Å². The van der Waals surface area contributed by atoms with Crippen LogP contribution < -0.4 is 14.4 Å². The molecule has 5 rings (SSSR count). The maximum absolute atomic E-state index is 14.7. The zero-order chi connectivity index (χ0) is 34.1. The van der Waals surface area contributed by atoms with Crippen molar-refractivity contribution >= 4 is 55.1 Å². The van der Waals surface area contributed by atoms with Crippen LogP contribution in [0.2, 0.25) is 5.02 Å². The minimum absolute atomic E-state index is 0.0126. The standard InChI is InChI=1S/C37H39BrClN3O5S/c1-47-33-20-22-34(23-21-33)48(45,46)42(32-18-16-30(39)17-19-32)26-36(43)41(25-28-12-14-29(38)15-13-28)35(24-27-8-4-2-5-9-27)37(44)40-31-10-6-3-7-11-31/h2,4-5,8-9,12-23,31,35H,3,6-7,10-11,24-26H2,1H3,(H,40,44)/t35-/m0/s1. The van der Waals surface area contributed by atoms with Gasteiger partial charge < -0.3 is 15.0 Å². The second-order valence-corrected chi connectivity index (χ2v) is 15.1. The number of ether oxygens (including phenoxy) is 1. The summed E-state index contributed by atoms with van der Waals surface area (Å²) < 4.78 is 35.6. The molecule has 0 radical (unpaired) electrons. The Morgan fingerprint density at radius 3 is 2.15 bits per heavy atom. The molecule has 1 N–H and O–H groups in total. The molecule has 0 saturated heterocycles. The molecule has 2 amide bonds. The van der Waals surface area contributed by atoms with E-state index in [4.69, 9.17) is 16.3 Å². The molecule has 252 valence electrons. The van der Waals surface area contributed by atoms with Gasteiger partial charge in [-0.2, -0.15) is 0 Å². The number of hydrogen-bond acceptors (Lipinski definition) is 5. The van der Waals surface area contributed by atoms with Crippen LogP contribution in [0, 0.1) is 0 Å². The van der Waals surface area contributed by atoms with Gasteiger partial charge in [0.2, 0.25) is 11.8 Å². The van der Waals surface area contributed by atoms with Crippen molar-refractivity contribution in [3.05, 3.63) is 124 Å². The predicted molar refractivity (Wildman–Crippen MR) is 193 cm³/mol. The second-order valence-electron chi connectivity index (χ2n) is 11.9. The van der Waals surface area contributed by atoms with Crippen molar-refractivity contribution < 1.29 is 22.7 Å². The molecule has 0 unspecified atom stereocenters. The molecule has 1 aliphatic rings. The number of hydrogen-bond donors (Lipinski definition) is 1. The van der Waals surface area contributed by atoms with E-state index in [-0.39, 0.29) is 35.5 Å². The van der Waals surface area contributed by atoms with Gasteiger partial charge in [0.1, 0.15) is 18.3 Å². The number of halogens is 2. The van der Waals surface area contributed by atoms with E-state index < -0.39 is 28.5 Å². The monoisotopic (exact) mass is 751 g/mol. The van der Waals surface area contributed by atoms with E-state index in [2.05, 4.69) is 21.2 Å². The summed E-state index contributed by atoms with van der Waals surface area (Å²) in [6, 6.07) is 28.5. The number of anilines is 1. The maximum atomic E-state index is 14.7. The van der Waals surface area contributed by atoms with Crippen molar-refractivity contribution in [1.82, 2.24) is 10.2 Å². The molecular weight excluding hydrogens is 714 g/mol. The largest absolute Gasteiger partial charge is 0.497 e.